The van der Waals surface area contributed by atoms with E-state index in [2.05, 4.69) is 43.6 Å². The Morgan fingerprint density at radius 2 is 2.29 bits per heavy atom. The summed E-state index contributed by atoms with van der Waals surface area (Å²) in [6.45, 7) is 5.75. The third-order valence-corrected chi connectivity index (χ3v) is 5.21. The first kappa shape index (κ1) is 17.4. The Labute approximate surface area is 150 Å². The molecule has 0 saturated heterocycles. The number of carboxylic acids is 1. The van der Waals surface area contributed by atoms with Crippen LogP contribution in [0.25, 0.3) is 5.65 Å². The molecule has 6 nitrogen and oxygen atoms in total. The van der Waals surface area contributed by atoms with Crippen molar-refractivity contribution < 1.29 is 9.90 Å². The van der Waals surface area contributed by atoms with Gasteiger partial charge in [-0.05, 0) is 53.9 Å². The van der Waals surface area contributed by atoms with Gasteiger partial charge in [0.25, 0.3) is 0 Å². The molecule has 0 amide bonds. The van der Waals surface area contributed by atoms with Crippen molar-refractivity contribution in [1.82, 2.24) is 19.6 Å². The third-order valence-electron chi connectivity index (χ3n) is 4.78. The summed E-state index contributed by atoms with van der Waals surface area (Å²) in [6.07, 6.45) is 5.96. The van der Waals surface area contributed by atoms with Crippen molar-refractivity contribution in [2.24, 2.45) is 0 Å². The second-order valence-electron chi connectivity index (χ2n) is 6.44. The normalized spacial score (nSPS) is 20.5. The van der Waals surface area contributed by atoms with Gasteiger partial charge in [-0.25, -0.2) is 4.98 Å². The topological polar surface area (TPSA) is 69.9 Å². The Hall–Kier alpha value is -1.44. The first-order chi connectivity index (χ1) is 11.5. The largest absolute Gasteiger partial charge is 0.480 e. The fourth-order valence-corrected chi connectivity index (χ4v) is 3.92. The number of nitrogens with zero attached hydrogens (tertiary/aromatic N) is 3. The maximum atomic E-state index is 10.9. The van der Waals surface area contributed by atoms with Gasteiger partial charge >= 0.3 is 5.97 Å². The van der Waals surface area contributed by atoms with Crippen molar-refractivity contribution in [3.63, 3.8) is 0 Å². The molecule has 1 fully saturated rings. The summed E-state index contributed by atoms with van der Waals surface area (Å²) in [5.41, 5.74) is 3.27. The first-order valence-corrected chi connectivity index (χ1v) is 9.08. The van der Waals surface area contributed by atoms with Gasteiger partial charge < -0.3 is 14.8 Å². The number of hydrogen-bond acceptors (Lipinski definition) is 4. The highest BCUT2D eigenvalue weighted by molar-refractivity contribution is 9.10. The van der Waals surface area contributed by atoms with E-state index in [9.17, 15) is 4.79 Å². The van der Waals surface area contributed by atoms with E-state index in [0.29, 0.717) is 12.1 Å². The lowest BCUT2D eigenvalue weighted by molar-refractivity contribution is -0.139. The predicted molar refractivity (Wildman–Crippen MR) is 96.2 cm³/mol. The van der Waals surface area contributed by atoms with Crippen LogP contribution in [0.15, 0.2) is 22.9 Å². The Bertz CT molecular complexity index is 740. The molecular formula is C17H23BrN4O2. The molecular weight excluding hydrogens is 372 g/mol. The van der Waals surface area contributed by atoms with Crippen molar-refractivity contribution in [3.8, 4) is 0 Å². The number of fused-ring (bicyclic) bond motifs is 1. The Morgan fingerprint density at radius 3 is 2.96 bits per heavy atom. The second kappa shape index (κ2) is 7.21. The van der Waals surface area contributed by atoms with Crippen LogP contribution in [0, 0.1) is 6.92 Å². The van der Waals surface area contributed by atoms with Gasteiger partial charge in [0.05, 0.1) is 18.4 Å². The van der Waals surface area contributed by atoms with E-state index in [4.69, 9.17) is 5.11 Å². The molecule has 1 saturated carbocycles. The van der Waals surface area contributed by atoms with Crippen LogP contribution in [0.5, 0.6) is 0 Å². The summed E-state index contributed by atoms with van der Waals surface area (Å²) in [5.74, 6) is -0.750. The number of aromatic nitrogens is 2. The Morgan fingerprint density at radius 1 is 1.54 bits per heavy atom. The number of hydrogen-bond donors (Lipinski definition) is 2. The van der Waals surface area contributed by atoms with E-state index < -0.39 is 5.97 Å². The second-order valence-corrected chi connectivity index (χ2v) is 7.36. The van der Waals surface area contributed by atoms with Crippen molar-refractivity contribution >= 4 is 27.5 Å². The average Bonchev–Trinajstić information content (AvgIpc) is 2.87. The number of halogens is 1. The summed E-state index contributed by atoms with van der Waals surface area (Å²) in [5, 5.41) is 12.5. The van der Waals surface area contributed by atoms with Crippen LogP contribution >= 0.6 is 15.9 Å². The summed E-state index contributed by atoms with van der Waals surface area (Å²) < 4.78 is 3.16. The standard InChI is InChI=1S/C17H23BrN4O2/c1-3-21(10-16(23)24)14-5-13(6-14)19-7-15-8-20-17-11(2)4-12(18)9-22(15)17/h4,8-9,13-14,19H,3,5-7,10H2,1-2H3,(H,23,24). The number of carboxylic acid groups (broad SMARTS) is 1. The molecule has 24 heavy (non-hydrogen) atoms. The molecule has 0 aromatic carbocycles. The van der Waals surface area contributed by atoms with E-state index in [1.165, 1.54) is 0 Å². The van der Waals surface area contributed by atoms with Crippen LogP contribution in [-0.2, 0) is 11.3 Å². The lowest BCUT2D eigenvalue weighted by atomic mass is 9.85. The molecule has 130 valence electrons. The van der Waals surface area contributed by atoms with Gasteiger partial charge in [0.15, 0.2) is 0 Å². The SMILES string of the molecule is CCN(CC(=O)O)C1CC(NCc2cnc3c(C)cc(Br)cn23)C1. The Balaban J connectivity index is 1.56. The van der Waals surface area contributed by atoms with Crippen LogP contribution in [-0.4, -0.2) is 50.5 Å². The van der Waals surface area contributed by atoms with E-state index in [1.807, 2.05) is 24.2 Å². The maximum Gasteiger partial charge on any atom is 0.317 e. The van der Waals surface area contributed by atoms with E-state index >= 15 is 0 Å². The molecule has 0 bridgehead atoms. The lowest BCUT2D eigenvalue weighted by Gasteiger charge is -2.42. The molecule has 2 N–H and O–H groups in total. The van der Waals surface area contributed by atoms with Crippen LogP contribution in [0.3, 0.4) is 0 Å². The van der Waals surface area contributed by atoms with Gasteiger partial charge in [-0.2, -0.15) is 0 Å². The van der Waals surface area contributed by atoms with Crippen LogP contribution in [0.2, 0.25) is 0 Å². The molecule has 1 aliphatic rings. The minimum absolute atomic E-state index is 0.133. The number of aliphatic carboxylic acids is 1. The number of likely N-dealkylation sites (N-methyl/N-ethyl adjacent to an activating group) is 1. The fourth-order valence-electron chi connectivity index (χ4n) is 3.37. The van der Waals surface area contributed by atoms with Crippen LogP contribution < -0.4 is 5.32 Å². The highest BCUT2D eigenvalue weighted by Crippen LogP contribution is 2.26. The minimum Gasteiger partial charge on any atom is -0.480 e. The van der Waals surface area contributed by atoms with Gasteiger partial charge in [-0.1, -0.05) is 6.92 Å². The third kappa shape index (κ3) is 3.63. The average molecular weight is 395 g/mol. The Kier molecular flexibility index (Phi) is 5.22. The minimum atomic E-state index is -0.750. The number of imidazole rings is 1. The predicted octanol–water partition coefficient (Wildman–Crippen LogP) is 2.43. The van der Waals surface area contributed by atoms with Crippen LogP contribution in [0.1, 0.15) is 31.0 Å². The number of carbonyl (C=O) groups is 1. The van der Waals surface area contributed by atoms with E-state index in [1.54, 1.807) is 0 Å². The van der Waals surface area contributed by atoms with Crippen molar-refractivity contribution in [1.29, 1.82) is 0 Å². The molecule has 0 aliphatic heterocycles. The van der Waals surface area contributed by atoms with Crippen molar-refractivity contribution in [2.75, 3.05) is 13.1 Å². The van der Waals surface area contributed by atoms with Gasteiger partial charge in [-0.15, -0.1) is 0 Å². The molecule has 1 aliphatic carbocycles. The zero-order valence-corrected chi connectivity index (χ0v) is 15.6. The van der Waals surface area contributed by atoms with E-state index in [0.717, 1.165) is 47.3 Å². The molecule has 2 heterocycles. The quantitative estimate of drug-likeness (QED) is 0.754. The van der Waals surface area contributed by atoms with E-state index in [-0.39, 0.29) is 6.54 Å². The zero-order valence-electron chi connectivity index (χ0n) is 14.0. The summed E-state index contributed by atoms with van der Waals surface area (Å²) >= 11 is 3.54. The van der Waals surface area contributed by atoms with Crippen LogP contribution in [0.4, 0.5) is 0 Å². The van der Waals surface area contributed by atoms with Crippen molar-refractivity contribution in [2.45, 2.75) is 45.3 Å². The molecule has 7 heteroatoms. The molecule has 0 unspecified atom stereocenters. The molecule has 2 aromatic rings. The number of pyridine rings is 1. The molecule has 0 radical (unpaired) electrons. The van der Waals surface area contributed by atoms with Crippen molar-refractivity contribution in [3.05, 3.63) is 34.2 Å². The first-order valence-electron chi connectivity index (χ1n) is 8.29. The van der Waals surface area contributed by atoms with Gasteiger partial charge in [0, 0.05) is 29.3 Å². The maximum absolute atomic E-state index is 10.9. The molecule has 0 atom stereocenters. The zero-order chi connectivity index (χ0) is 17.3. The number of aryl methyl sites for hydroxylation is 1. The summed E-state index contributed by atoms with van der Waals surface area (Å²) in [4.78, 5) is 17.4. The molecule has 2 aromatic heterocycles. The monoisotopic (exact) mass is 394 g/mol. The van der Waals surface area contributed by atoms with Gasteiger partial charge in [-0.3, -0.25) is 9.69 Å². The fraction of sp³-hybridized carbons (Fsp3) is 0.529. The smallest absolute Gasteiger partial charge is 0.317 e. The molecule has 3 rings (SSSR count). The highest BCUT2D eigenvalue weighted by atomic mass is 79.9. The number of rotatable bonds is 7. The summed E-state index contributed by atoms with van der Waals surface area (Å²) in [6, 6.07) is 2.89. The highest BCUT2D eigenvalue weighted by Gasteiger charge is 2.33. The number of nitrogens with one attached hydrogen (secondary N) is 1. The summed E-state index contributed by atoms with van der Waals surface area (Å²) in [7, 11) is 0. The van der Waals surface area contributed by atoms with Gasteiger partial charge in [0.2, 0.25) is 0 Å². The lowest BCUT2D eigenvalue weighted by Crippen LogP contribution is -2.53. The van der Waals surface area contributed by atoms with Gasteiger partial charge in [0.1, 0.15) is 5.65 Å². The molecule has 0 spiro atoms.